The van der Waals surface area contributed by atoms with Crippen molar-refractivity contribution >= 4 is 39.3 Å². The number of rotatable bonds is 2. The average Bonchev–Trinajstić information content (AvgIpc) is 2.50. The fraction of sp³-hybridized carbons (Fsp3) is 0.333. The molecule has 1 heterocycles. The van der Waals surface area contributed by atoms with E-state index in [1.54, 1.807) is 11.9 Å². The first kappa shape index (κ1) is 12.5. The van der Waals surface area contributed by atoms with E-state index in [1.807, 2.05) is 30.5 Å². The van der Waals surface area contributed by atoms with Crippen LogP contribution >= 0.6 is 27.7 Å². The summed E-state index contributed by atoms with van der Waals surface area (Å²) in [7, 11) is 1.78. The summed E-state index contributed by atoms with van der Waals surface area (Å²) in [5, 5.41) is 10.7. The molecule has 0 aliphatic carbocycles. The van der Waals surface area contributed by atoms with Gasteiger partial charge in [-0.1, -0.05) is 15.9 Å². The maximum Gasteiger partial charge on any atom is 0.238 e. The van der Waals surface area contributed by atoms with Gasteiger partial charge in [0.15, 0.2) is 0 Å². The minimum Gasteiger partial charge on any atom is -0.314 e. The number of halogens is 1. The van der Waals surface area contributed by atoms with Crippen molar-refractivity contribution in [3.63, 3.8) is 0 Å². The molecular weight excluding hydrogens is 300 g/mol. The molecule has 3 nitrogen and oxygen atoms in total. The molecule has 1 atom stereocenters. The van der Waals surface area contributed by atoms with Crippen LogP contribution < -0.4 is 4.90 Å². The van der Waals surface area contributed by atoms with Gasteiger partial charge in [-0.2, -0.15) is 5.26 Å². The van der Waals surface area contributed by atoms with Gasteiger partial charge < -0.3 is 4.90 Å². The van der Waals surface area contributed by atoms with Crippen LogP contribution in [0.15, 0.2) is 22.7 Å². The number of nitriles is 1. The standard InChI is InChI=1S/C12H11BrN2OS/c1-12(6-17-7-14)9-5-8(13)3-4-10(9)15(2)11(12)16/h3-5H,6H2,1-2H3. The Kier molecular flexibility index (Phi) is 3.19. The van der Waals surface area contributed by atoms with Gasteiger partial charge in [-0.25, -0.2) is 0 Å². The van der Waals surface area contributed by atoms with Gasteiger partial charge in [-0.05, 0) is 42.4 Å². The third kappa shape index (κ3) is 1.85. The van der Waals surface area contributed by atoms with Gasteiger partial charge in [0.25, 0.3) is 0 Å². The van der Waals surface area contributed by atoms with Crippen molar-refractivity contribution in [1.82, 2.24) is 0 Å². The number of anilines is 1. The molecule has 88 valence electrons. The number of carbonyl (C=O) groups is 1. The van der Waals surface area contributed by atoms with Crippen LogP contribution in [-0.4, -0.2) is 18.7 Å². The molecule has 0 saturated carbocycles. The summed E-state index contributed by atoms with van der Waals surface area (Å²) < 4.78 is 0.951. The van der Waals surface area contributed by atoms with E-state index >= 15 is 0 Å². The molecule has 0 spiro atoms. The van der Waals surface area contributed by atoms with Crippen LogP contribution in [0, 0.1) is 10.7 Å². The Balaban J connectivity index is 2.53. The van der Waals surface area contributed by atoms with Gasteiger partial charge in [-0.15, -0.1) is 0 Å². The Morgan fingerprint density at radius 1 is 1.59 bits per heavy atom. The number of benzene rings is 1. The van der Waals surface area contributed by atoms with E-state index in [1.165, 1.54) is 0 Å². The highest BCUT2D eigenvalue weighted by Gasteiger charge is 2.45. The number of hydrogen-bond donors (Lipinski definition) is 0. The first-order chi connectivity index (χ1) is 8.00. The third-order valence-electron chi connectivity index (χ3n) is 3.12. The molecule has 2 rings (SSSR count). The molecule has 1 aromatic carbocycles. The van der Waals surface area contributed by atoms with Crippen molar-refractivity contribution < 1.29 is 4.79 Å². The van der Waals surface area contributed by atoms with E-state index < -0.39 is 5.41 Å². The number of nitrogens with zero attached hydrogens (tertiary/aromatic N) is 2. The number of carbonyl (C=O) groups excluding carboxylic acids is 1. The third-order valence-corrected chi connectivity index (χ3v) is 4.46. The minimum absolute atomic E-state index is 0.0494. The molecule has 1 amide bonds. The highest BCUT2D eigenvalue weighted by Crippen LogP contribution is 2.43. The molecular formula is C12H11BrN2OS. The Labute approximate surface area is 113 Å². The number of amides is 1. The molecule has 1 unspecified atom stereocenters. The van der Waals surface area contributed by atoms with Crippen molar-refractivity contribution in [3.8, 4) is 5.40 Å². The maximum absolute atomic E-state index is 12.3. The Hall–Kier alpha value is -0.990. The van der Waals surface area contributed by atoms with Gasteiger partial charge in [0.2, 0.25) is 5.91 Å². The number of thioether (sulfide) groups is 1. The quantitative estimate of drug-likeness (QED) is 0.789. The summed E-state index contributed by atoms with van der Waals surface area (Å²) in [4.78, 5) is 14.0. The lowest BCUT2D eigenvalue weighted by Gasteiger charge is -2.21. The predicted molar refractivity (Wildman–Crippen MR) is 73.0 cm³/mol. The highest BCUT2D eigenvalue weighted by atomic mass is 79.9. The summed E-state index contributed by atoms with van der Waals surface area (Å²) in [6.07, 6.45) is 0. The van der Waals surface area contributed by atoms with Crippen LogP contribution in [0.1, 0.15) is 12.5 Å². The van der Waals surface area contributed by atoms with E-state index in [9.17, 15) is 4.79 Å². The molecule has 5 heteroatoms. The zero-order valence-electron chi connectivity index (χ0n) is 9.53. The van der Waals surface area contributed by atoms with Crippen LogP contribution in [-0.2, 0) is 10.2 Å². The molecule has 0 N–H and O–H groups in total. The van der Waals surface area contributed by atoms with Gasteiger partial charge in [0.1, 0.15) is 5.40 Å². The number of fused-ring (bicyclic) bond motifs is 1. The van der Waals surface area contributed by atoms with Gasteiger partial charge in [0, 0.05) is 23.0 Å². The van der Waals surface area contributed by atoms with Crippen molar-refractivity contribution in [2.45, 2.75) is 12.3 Å². The molecule has 0 bridgehead atoms. The summed E-state index contributed by atoms with van der Waals surface area (Å²) in [6, 6.07) is 5.82. The van der Waals surface area contributed by atoms with Crippen LogP contribution in [0.25, 0.3) is 0 Å². The first-order valence-electron chi connectivity index (χ1n) is 5.10. The molecule has 0 saturated heterocycles. The van der Waals surface area contributed by atoms with E-state index in [-0.39, 0.29) is 5.91 Å². The lowest BCUT2D eigenvalue weighted by Crippen LogP contribution is -2.38. The van der Waals surface area contributed by atoms with Crippen LogP contribution in [0.3, 0.4) is 0 Å². The molecule has 1 aromatic rings. The maximum atomic E-state index is 12.3. The van der Waals surface area contributed by atoms with Crippen LogP contribution in [0.2, 0.25) is 0 Å². The SMILES string of the molecule is CN1C(=O)C(C)(CSC#N)c2cc(Br)ccc21. The van der Waals surface area contributed by atoms with Gasteiger partial charge in [-0.3, -0.25) is 4.79 Å². The van der Waals surface area contributed by atoms with Gasteiger partial charge >= 0.3 is 0 Å². The van der Waals surface area contributed by atoms with E-state index in [0.717, 1.165) is 27.5 Å². The zero-order chi connectivity index (χ0) is 12.6. The molecule has 0 aromatic heterocycles. The van der Waals surface area contributed by atoms with Crippen molar-refractivity contribution in [1.29, 1.82) is 5.26 Å². The highest BCUT2D eigenvalue weighted by molar-refractivity contribution is 9.10. The second kappa shape index (κ2) is 4.35. The Bertz CT molecular complexity index is 526. The second-order valence-corrected chi connectivity index (χ2v) is 5.91. The van der Waals surface area contributed by atoms with E-state index in [2.05, 4.69) is 15.9 Å². The normalized spacial score (nSPS) is 22.5. The predicted octanol–water partition coefficient (Wildman–Crippen LogP) is 2.90. The topological polar surface area (TPSA) is 44.1 Å². The van der Waals surface area contributed by atoms with Gasteiger partial charge in [0.05, 0.1) is 5.41 Å². The fourth-order valence-corrected chi connectivity index (χ4v) is 3.15. The zero-order valence-corrected chi connectivity index (χ0v) is 11.9. The Morgan fingerprint density at radius 2 is 2.29 bits per heavy atom. The minimum atomic E-state index is -0.603. The number of hydrogen-bond acceptors (Lipinski definition) is 3. The summed E-state index contributed by atoms with van der Waals surface area (Å²) in [5.74, 6) is 0.532. The van der Waals surface area contributed by atoms with E-state index in [4.69, 9.17) is 5.26 Å². The second-order valence-electron chi connectivity index (χ2n) is 4.24. The molecule has 0 radical (unpaired) electrons. The van der Waals surface area contributed by atoms with Crippen molar-refractivity contribution in [2.24, 2.45) is 0 Å². The molecule has 1 aliphatic heterocycles. The number of thiocyanates is 1. The summed E-state index contributed by atoms with van der Waals surface area (Å²) in [5.41, 5.74) is 1.32. The lowest BCUT2D eigenvalue weighted by molar-refractivity contribution is -0.121. The molecule has 1 aliphatic rings. The Morgan fingerprint density at radius 3 is 2.94 bits per heavy atom. The van der Waals surface area contributed by atoms with Crippen molar-refractivity contribution in [3.05, 3.63) is 28.2 Å². The van der Waals surface area contributed by atoms with Crippen molar-refractivity contribution in [2.75, 3.05) is 17.7 Å². The number of likely N-dealkylation sites (N-methyl/N-ethyl adjacent to an activating group) is 1. The van der Waals surface area contributed by atoms with Crippen LogP contribution in [0.5, 0.6) is 0 Å². The lowest BCUT2D eigenvalue weighted by atomic mass is 9.86. The fourth-order valence-electron chi connectivity index (χ4n) is 2.15. The summed E-state index contributed by atoms with van der Waals surface area (Å²) >= 11 is 4.55. The smallest absolute Gasteiger partial charge is 0.238 e. The average molecular weight is 311 g/mol. The first-order valence-corrected chi connectivity index (χ1v) is 6.87. The monoisotopic (exact) mass is 310 g/mol. The van der Waals surface area contributed by atoms with E-state index in [0.29, 0.717) is 5.75 Å². The molecule has 0 fully saturated rings. The van der Waals surface area contributed by atoms with Crippen LogP contribution in [0.4, 0.5) is 5.69 Å². The largest absolute Gasteiger partial charge is 0.314 e. The summed E-state index contributed by atoms with van der Waals surface area (Å²) in [6.45, 7) is 1.90. The molecule has 17 heavy (non-hydrogen) atoms.